The highest BCUT2D eigenvalue weighted by Crippen LogP contribution is 2.44. The summed E-state index contributed by atoms with van der Waals surface area (Å²) in [5, 5.41) is 56.1. The van der Waals surface area contributed by atoms with Crippen LogP contribution >= 0.6 is 48.9 Å². The molecule has 2 amide bonds. The molecule has 0 saturated carbocycles. The van der Waals surface area contributed by atoms with E-state index in [-0.39, 0.29) is 91.0 Å². The maximum absolute atomic E-state index is 13.2. The van der Waals surface area contributed by atoms with E-state index in [0.717, 1.165) is 0 Å². The van der Waals surface area contributed by atoms with Gasteiger partial charge in [-0.15, -0.1) is 0 Å². The van der Waals surface area contributed by atoms with Crippen molar-refractivity contribution in [3.63, 3.8) is 0 Å². The molecule has 0 spiro atoms. The van der Waals surface area contributed by atoms with Crippen LogP contribution in [0.2, 0.25) is 18.1 Å². The van der Waals surface area contributed by atoms with Gasteiger partial charge in [0.15, 0.2) is 104 Å². The van der Waals surface area contributed by atoms with Gasteiger partial charge in [-0.3, -0.25) is 27.9 Å². The molecule has 16 atom stereocenters. The molecule has 37 nitrogen and oxygen atoms in total. The molecule has 16 rings (SSSR count). The molecule has 6 saturated heterocycles. The number of amides is 2. The van der Waals surface area contributed by atoms with Gasteiger partial charge in [0.2, 0.25) is 0 Å². The molecule has 6 fully saturated rings. The second-order valence-corrected chi connectivity index (χ2v) is 34.3. The SMILES string of the molecule is C.C.C[C@@H]1[C@@H]2NC(=S)NC[C@H]3O[C@@H](n4cnc5c(NC(=O)c6ccccc6)ncnc54)C(O[Si](C)(C)C(C)(C)C)[C@@H]3NC(=S)NC[C@H]2O[C@H]1n1cnc2c(NC(=O)c3ccccc3)ncnc21.Nc1ncnc2c1ncn2[C@@H]1O[C@@H]2CNC(=S)N[C@H]3[C@@H](O)[C@H](n4cnc5c(N)ncnc54)O[C@@H]3CNC(=S)N[C@H]2[C@H]1O. The van der Waals surface area contributed by atoms with Gasteiger partial charge in [-0.1, -0.05) is 78.9 Å². The Kier molecular flexibility index (Phi) is 22.2. The largest absolute Gasteiger partial charge is 0.407 e. The first-order valence-electron chi connectivity index (χ1n) is 34.2. The first-order chi connectivity index (χ1) is 51.5. The Labute approximate surface area is 646 Å². The number of thiocarbonyl (C=S) groups is 4. The van der Waals surface area contributed by atoms with Crippen LogP contribution < -0.4 is 64.6 Å². The Morgan fingerprint density at radius 3 is 1.24 bits per heavy atom. The fraction of sp³-hybridized carbons (Fsp3) is 0.433. The zero-order chi connectivity index (χ0) is 74.7. The molecule has 1 unspecified atom stereocenters. The van der Waals surface area contributed by atoms with Crippen molar-refractivity contribution in [3.8, 4) is 0 Å². The summed E-state index contributed by atoms with van der Waals surface area (Å²) < 4.78 is 40.4. The lowest BCUT2D eigenvalue weighted by Crippen LogP contribution is -2.59. The average Bonchev–Trinajstić information content (AvgIpc) is 1.46. The van der Waals surface area contributed by atoms with E-state index in [1.807, 2.05) is 21.3 Å². The minimum absolute atomic E-state index is 0. The molecule has 0 bridgehead atoms. The number of aromatic nitrogens is 16. The number of hydrogen-bond acceptors (Lipinski definition) is 27. The van der Waals surface area contributed by atoms with Crippen LogP contribution in [0.3, 0.4) is 0 Å². The van der Waals surface area contributed by atoms with E-state index in [1.54, 1.807) is 70.3 Å². The topological polar surface area (TPSA) is 467 Å². The number of nitrogens with one attached hydrogen (secondary N) is 10. The van der Waals surface area contributed by atoms with Crippen molar-refractivity contribution < 1.29 is 43.2 Å². The van der Waals surface area contributed by atoms with E-state index >= 15 is 0 Å². The zero-order valence-corrected chi connectivity index (χ0v) is 62.4. The summed E-state index contributed by atoms with van der Waals surface area (Å²) in [5.41, 5.74) is 16.3. The standard InChI is InChI=1S/C43H50N14O5S2Si.C22H26N14O4S2.2CH4/c1-23-28-26(60-39(23)56-21-50-30-33(46-19-48-35(30)56)54-37(58)24-13-9-7-10-14-24)17-44-42(64)53-29-27(18-45-41(63)52-28)61-40(32(29)62-65(5,6)43(2,3)4)57-22-51-31-34(47-20-49-36(31)57)55-38(59)25-15-11-8-12-16-25;23-15-11-17(29-3-27-15)35(5-31-11)19-13(37)9-7(39-19)1-25-21(41)34-10-8(2-26-22(42)33-9)40-20(14(10)38)36-6-32-12-16(24)28-4-30-18(12)36;;/h7-16,19-23,26-29,32,39-40H,17-18H2,1-6H3,(H2,44,53,64)(H2,45,52,63)(H,46,48,54,58)(H,47,49,55,59);3-10,13-14,19-20,37-38H,1-2H2,(H2,23,27,29)(H2,24,28,30)(H2,25,34,41)(H2,26,33,42);2*1H4/t23-,26-,27-,28+,29-,32?,39-,40-;7-,8-,9-,10-,13-,14-,19-,20-;;/m11../s1. The van der Waals surface area contributed by atoms with E-state index in [1.165, 1.54) is 38.0 Å². The Hall–Kier alpha value is -10.1. The summed E-state index contributed by atoms with van der Waals surface area (Å²) in [6, 6.07) is 15.8. The molecule has 16 N–H and O–H groups in total. The van der Waals surface area contributed by atoms with E-state index in [4.69, 9.17) is 83.7 Å². The van der Waals surface area contributed by atoms with Crippen LogP contribution in [0, 0.1) is 5.92 Å². The molecule has 2 aromatic carbocycles. The number of nitrogens with zero attached hydrogens (tertiary/aromatic N) is 16. The van der Waals surface area contributed by atoms with Crippen molar-refractivity contribution in [1.82, 2.24) is 121 Å². The van der Waals surface area contributed by atoms with Crippen molar-refractivity contribution in [2.24, 2.45) is 5.92 Å². The van der Waals surface area contributed by atoms with Crippen LogP contribution in [0.5, 0.6) is 0 Å². The van der Waals surface area contributed by atoms with E-state index < -0.39 is 94.1 Å². The summed E-state index contributed by atoms with van der Waals surface area (Å²) in [7, 11) is -2.47. The number of anilines is 4. The number of rotatable bonds is 10. The summed E-state index contributed by atoms with van der Waals surface area (Å²) in [5.74, 6) is 0.216. The van der Waals surface area contributed by atoms with E-state index in [0.29, 0.717) is 78.4 Å². The molecule has 10 aromatic rings. The number of ether oxygens (including phenoxy) is 4. The number of nitrogen functional groups attached to an aromatic ring is 2. The number of carbonyl (C=O) groups is 2. The molecule has 0 radical (unpaired) electrons. The fourth-order valence-corrected chi connectivity index (χ4v) is 15.9. The molecule has 6 aliphatic rings. The highest BCUT2D eigenvalue weighted by molar-refractivity contribution is 7.80. The normalized spacial score (nSPS) is 27.1. The van der Waals surface area contributed by atoms with Gasteiger partial charge in [0.25, 0.3) is 11.8 Å². The van der Waals surface area contributed by atoms with Gasteiger partial charge in [-0.25, -0.2) is 59.8 Å². The van der Waals surface area contributed by atoms with E-state index in [2.05, 4.69) is 154 Å². The molecule has 8 aromatic heterocycles. The number of aliphatic hydroxyl groups excluding tert-OH is 2. The number of hydrogen-bond donors (Lipinski definition) is 14. The molecule has 0 aliphatic carbocycles. The highest BCUT2D eigenvalue weighted by Gasteiger charge is 2.54. The van der Waals surface area contributed by atoms with Crippen molar-refractivity contribution in [2.45, 2.75) is 152 Å². The van der Waals surface area contributed by atoms with Crippen LogP contribution in [0.4, 0.5) is 23.3 Å². The lowest BCUT2D eigenvalue weighted by molar-refractivity contribution is -0.0332. The predicted molar refractivity (Wildman–Crippen MR) is 421 cm³/mol. The quantitative estimate of drug-likeness (QED) is 0.0691. The second-order valence-electron chi connectivity index (χ2n) is 27.9. The molecule has 109 heavy (non-hydrogen) atoms. The summed E-state index contributed by atoms with van der Waals surface area (Å²) in [6.07, 6.45) is 3.98. The number of benzene rings is 2. The van der Waals surface area contributed by atoms with Crippen LogP contribution in [0.1, 0.15) is 88.2 Å². The van der Waals surface area contributed by atoms with Gasteiger partial charge in [-0.05, 0) is 91.3 Å². The van der Waals surface area contributed by atoms with Gasteiger partial charge < -0.3 is 98.2 Å². The molecule has 6 aliphatic heterocycles. The van der Waals surface area contributed by atoms with Crippen LogP contribution in [-0.4, -0.2) is 222 Å². The average molecular weight is 1580 g/mol. The third-order valence-corrected chi connectivity index (χ3v) is 25.8. The van der Waals surface area contributed by atoms with Crippen molar-refractivity contribution in [2.75, 3.05) is 48.3 Å². The monoisotopic (exact) mass is 1580 g/mol. The predicted octanol–water partition coefficient (Wildman–Crippen LogP) is 2.97. The Bertz CT molecular complexity index is 4920. The highest BCUT2D eigenvalue weighted by atomic mass is 32.1. The molecular weight excluding hydrogens is 1500 g/mol. The summed E-state index contributed by atoms with van der Waals surface area (Å²) in [4.78, 5) is 78.4. The first kappa shape index (κ1) is 77.1. The minimum Gasteiger partial charge on any atom is -0.407 e. The second kappa shape index (κ2) is 31.5. The molecule has 574 valence electrons. The first-order valence-corrected chi connectivity index (χ1v) is 38.8. The van der Waals surface area contributed by atoms with Gasteiger partial charge in [0.05, 0.1) is 55.6 Å². The number of aliphatic hydroxyl groups is 2. The number of fused-ring (bicyclic) bond motifs is 8. The van der Waals surface area contributed by atoms with Crippen molar-refractivity contribution in [3.05, 3.63) is 122 Å². The number of carbonyl (C=O) groups excluding carboxylic acids is 2. The van der Waals surface area contributed by atoms with Gasteiger partial charge >= 0.3 is 0 Å². The van der Waals surface area contributed by atoms with Gasteiger partial charge in [-0.2, -0.15) is 0 Å². The minimum atomic E-state index is -2.47. The Morgan fingerprint density at radius 1 is 0.486 bits per heavy atom. The smallest absolute Gasteiger partial charge is 0.256 e. The fourth-order valence-electron chi connectivity index (χ4n) is 13.7. The van der Waals surface area contributed by atoms with E-state index in [9.17, 15) is 19.8 Å². The summed E-state index contributed by atoms with van der Waals surface area (Å²) in [6.45, 7) is 14.0. The van der Waals surface area contributed by atoms with Crippen molar-refractivity contribution >= 4 is 157 Å². The third kappa shape index (κ3) is 15.1. The van der Waals surface area contributed by atoms with Crippen molar-refractivity contribution in [1.29, 1.82) is 0 Å². The maximum atomic E-state index is 13.2. The van der Waals surface area contributed by atoms with Gasteiger partial charge in [0, 0.05) is 43.2 Å². The Balaban J connectivity index is 0.000000205. The lowest BCUT2D eigenvalue weighted by Gasteiger charge is -2.41. The molecular formula is C67H84N28O9S4Si. The third-order valence-electron chi connectivity index (χ3n) is 20.2. The maximum Gasteiger partial charge on any atom is 0.256 e. The van der Waals surface area contributed by atoms with Crippen LogP contribution in [-0.2, 0) is 23.4 Å². The lowest BCUT2D eigenvalue weighted by atomic mass is 9.98. The summed E-state index contributed by atoms with van der Waals surface area (Å²) >= 11 is 23.1. The molecule has 42 heteroatoms. The van der Waals surface area contributed by atoms with Crippen LogP contribution in [0.25, 0.3) is 44.7 Å². The van der Waals surface area contributed by atoms with Gasteiger partial charge in [0.1, 0.15) is 79.2 Å². The number of nitrogens with two attached hydrogens (primary N) is 2. The van der Waals surface area contributed by atoms with Crippen LogP contribution in [0.15, 0.2) is 111 Å². The molecule has 14 heterocycles. The Morgan fingerprint density at radius 2 is 0.817 bits per heavy atom. The zero-order valence-electron chi connectivity index (χ0n) is 58.2. The number of imidazole rings is 4.